The number of ketones is 1. The van der Waals surface area contributed by atoms with E-state index in [-0.39, 0.29) is 34.2 Å². The van der Waals surface area contributed by atoms with E-state index in [4.69, 9.17) is 0 Å². The molecule has 0 spiro atoms. The average Bonchev–Trinajstić information content (AvgIpc) is 2.63. The number of halogens is 2. The first kappa shape index (κ1) is 15.6. The van der Waals surface area contributed by atoms with Crippen molar-refractivity contribution in [2.24, 2.45) is 0 Å². The van der Waals surface area contributed by atoms with Gasteiger partial charge >= 0.3 is 0 Å². The van der Waals surface area contributed by atoms with Crippen LogP contribution in [0.3, 0.4) is 0 Å². The molecule has 0 bridgehead atoms. The van der Waals surface area contributed by atoms with Gasteiger partial charge in [-0.25, -0.2) is 4.39 Å². The molecule has 0 aromatic heterocycles. The van der Waals surface area contributed by atoms with Crippen LogP contribution in [0.4, 0.5) is 10.1 Å². The quantitative estimate of drug-likeness (QED) is 0.778. The predicted molar refractivity (Wildman–Crippen MR) is 78.7 cm³/mol. The van der Waals surface area contributed by atoms with Gasteiger partial charge in [-0.1, -0.05) is 0 Å². The normalized spacial score (nSPS) is 13.9. The SMILES string of the molecule is CC(C)N(C)C(=O)CN1C(=O)C(=O)c2cc(F)cc(Br)c21. The standard InChI is InChI=1S/C14H14BrFN2O3/c1-7(2)17(3)11(19)6-18-12-9(13(20)14(18)21)4-8(16)5-10(12)15/h4-5,7H,6H2,1-3H3. The number of likely N-dealkylation sites (N-methyl/N-ethyl adjacent to an activating group) is 1. The summed E-state index contributed by atoms with van der Waals surface area (Å²) >= 11 is 3.14. The molecule has 0 atom stereocenters. The third kappa shape index (κ3) is 2.70. The van der Waals surface area contributed by atoms with Gasteiger partial charge in [-0.15, -0.1) is 0 Å². The van der Waals surface area contributed by atoms with Crippen molar-refractivity contribution < 1.29 is 18.8 Å². The molecular weight excluding hydrogens is 343 g/mol. The third-order valence-corrected chi connectivity index (χ3v) is 4.05. The van der Waals surface area contributed by atoms with Gasteiger partial charge in [0.1, 0.15) is 12.4 Å². The summed E-state index contributed by atoms with van der Waals surface area (Å²) in [5.74, 6) is -2.53. The zero-order chi connectivity index (χ0) is 15.9. The van der Waals surface area contributed by atoms with Crippen LogP contribution in [0, 0.1) is 5.82 Å². The molecular formula is C14H14BrFN2O3. The summed E-state index contributed by atoms with van der Waals surface area (Å²) in [5, 5.41) is 0. The summed E-state index contributed by atoms with van der Waals surface area (Å²) in [5.41, 5.74) is 0.226. The maximum Gasteiger partial charge on any atom is 0.299 e. The van der Waals surface area contributed by atoms with E-state index in [0.717, 1.165) is 17.0 Å². The van der Waals surface area contributed by atoms with Crippen molar-refractivity contribution in [3.05, 3.63) is 28.0 Å². The van der Waals surface area contributed by atoms with Crippen LogP contribution in [0.25, 0.3) is 0 Å². The summed E-state index contributed by atoms with van der Waals surface area (Å²) in [7, 11) is 1.62. The van der Waals surface area contributed by atoms with Crippen molar-refractivity contribution in [3.63, 3.8) is 0 Å². The van der Waals surface area contributed by atoms with Gasteiger partial charge in [0.05, 0.1) is 11.3 Å². The Morgan fingerprint density at radius 2 is 2.00 bits per heavy atom. The molecule has 1 aliphatic heterocycles. The van der Waals surface area contributed by atoms with Gasteiger partial charge in [0.15, 0.2) is 0 Å². The van der Waals surface area contributed by atoms with Gasteiger partial charge in [-0.05, 0) is 41.9 Å². The molecule has 1 heterocycles. The van der Waals surface area contributed by atoms with Crippen molar-refractivity contribution in [3.8, 4) is 0 Å². The van der Waals surface area contributed by atoms with Crippen molar-refractivity contribution in [2.75, 3.05) is 18.5 Å². The van der Waals surface area contributed by atoms with E-state index in [1.807, 2.05) is 13.8 Å². The number of hydrogen-bond acceptors (Lipinski definition) is 3. The molecule has 0 aliphatic carbocycles. The van der Waals surface area contributed by atoms with Crippen LogP contribution < -0.4 is 4.90 Å². The maximum absolute atomic E-state index is 13.4. The molecule has 7 heteroatoms. The Balaban J connectivity index is 2.38. The molecule has 0 saturated carbocycles. The molecule has 0 radical (unpaired) electrons. The number of fused-ring (bicyclic) bond motifs is 1. The zero-order valence-corrected chi connectivity index (χ0v) is 13.4. The lowest BCUT2D eigenvalue weighted by molar-refractivity contribution is -0.131. The van der Waals surface area contributed by atoms with Gasteiger partial charge in [0, 0.05) is 17.6 Å². The Morgan fingerprint density at radius 1 is 1.38 bits per heavy atom. The molecule has 2 rings (SSSR count). The lowest BCUT2D eigenvalue weighted by atomic mass is 10.1. The van der Waals surface area contributed by atoms with Crippen molar-refractivity contribution >= 4 is 39.2 Å². The van der Waals surface area contributed by atoms with E-state index in [1.54, 1.807) is 7.05 Å². The Kier molecular flexibility index (Phi) is 4.13. The maximum atomic E-state index is 13.4. The molecule has 0 N–H and O–H groups in total. The van der Waals surface area contributed by atoms with Gasteiger partial charge in [-0.3, -0.25) is 19.3 Å². The topological polar surface area (TPSA) is 57.7 Å². The summed E-state index contributed by atoms with van der Waals surface area (Å²) in [4.78, 5) is 38.6. The Morgan fingerprint density at radius 3 is 2.57 bits per heavy atom. The van der Waals surface area contributed by atoms with Crippen molar-refractivity contribution in [1.82, 2.24) is 4.90 Å². The largest absolute Gasteiger partial charge is 0.342 e. The Labute approximate surface area is 129 Å². The fraction of sp³-hybridized carbons (Fsp3) is 0.357. The minimum absolute atomic E-state index is 0.0214. The first-order valence-electron chi connectivity index (χ1n) is 6.35. The molecule has 2 amide bonds. The van der Waals surface area contributed by atoms with E-state index in [9.17, 15) is 18.8 Å². The van der Waals surface area contributed by atoms with Crippen LogP contribution in [0.5, 0.6) is 0 Å². The van der Waals surface area contributed by atoms with Crippen LogP contribution in [-0.2, 0) is 9.59 Å². The van der Waals surface area contributed by atoms with E-state index >= 15 is 0 Å². The third-order valence-electron chi connectivity index (χ3n) is 3.44. The molecule has 21 heavy (non-hydrogen) atoms. The number of carbonyl (C=O) groups excluding carboxylic acids is 3. The smallest absolute Gasteiger partial charge is 0.299 e. The van der Waals surface area contributed by atoms with Crippen LogP contribution in [-0.4, -0.2) is 42.1 Å². The van der Waals surface area contributed by atoms with E-state index in [1.165, 1.54) is 4.90 Å². The average molecular weight is 357 g/mol. The molecule has 1 aromatic carbocycles. The van der Waals surface area contributed by atoms with Gasteiger partial charge in [-0.2, -0.15) is 0 Å². The lowest BCUT2D eigenvalue weighted by Gasteiger charge is -2.25. The first-order valence-corrected chi connectivity index (χ1v) is 7.14. The zero-order valence-electron chi connectivity index (χ0n) is 11.8. The van der Waals surface area contributed by atoms with E-state index in [0.29, 0.717) is 0 Å². The number of carbonyl (C=O) groups is 3. The minimum Gasteiger partial charge on any atom is -0.342 e. The number of anilines is 1. The van der Waals surface area contributed by atoms with Crippen LogP contribution in [0.15, 0.2) is 16.6 Å². The molecule has 112 valence electrons. The van der Waals surface area contributed by atoms with Crippen molar-refractivity contribution in [2.45, 2.75) is 19.9 Å². The van der Waals surface area contributed by atoms with Crippen LogP contribution in [0.2, 0.25) is 0 Å². The van der Waals surface area contributed by atoms with Crippen molar-refractivity contribution in [1.29, 1.82) is 0 Å². The molecule has 1 aliphatic rings. The van der Waals surface area contributed by atoms with Gasteiger partial charge in [0.25, 0.3) is 11.7 Å². The number of Topliss-reactive ketones (excluding diaryl/α,β-unsaturated/α-hetero) is 1. The minimum atomic E-state index is -0.818. The summed E-state index contributed by atoms with van der Waals surface area (Å²) < 4.78 is 13.6. The second-order valence-corrected chi connectivity index (χ2v) is 5.96. The van der Waals surface area contributed by atoms with E-state index < -0.39 is 17.5 Å². The molecule has 0 fully saturated rings. The number of amides is 2. The number of rotatable bonds is 3. The highest BCUT2D eigenvalue weighted by molar-refractivity contribution is 9.10. The second kappa shape index (κ2) is 5.55. The Hall–Kier alpha value is -1.76. The summed E-state index contributed by atoms with van der Waals surface area (Å²) in [6.07, 6.45) is 0. The highest BCUT2D eigenvalue weighted by Gasteiger charge is 2.39. The predicted octanol–water partition coefficient (Wildman–Crippen LogP) is 1.98. The highest BCUT2D eigenvalue weighted by Crippen LogP contribution is 2.36. The Bertz CT molecular complexity index is 645. The second-order valence-electron chi connectivity index (χ2n) is 5.10. The van der Waals surface area contributed by atoms with E-state index in [2.05, 4.69) is 15.9 Å². The number of nitrogens with zero attached hydrogens (tertiary/aromatic N) is 2. The number of benzene rings is 1. The fourth-order valence-electron chi connectivity index (χ4n) is 2.04. The lowest BCUT2D eigenvalue weighted by Crippen LogP contribution is -2.43. The van der Waals surface area contributed by atoms with Gasteiger partial charge in [0.2, 0.25) is 5.91 Å². The first-order chi connectivity index (χ1) is 9.73. The fourth-order valence-corrected chi connectivity index (χ4v) is 2.68. The van der Waals surface area contributed by atoms with Gasteiger partial charge < -0.3 is 4.90 Å². The number of hydrogen-bond donors (Lipinski definition) is 0. The highest BCUT2D eigenvalue weighted by atomic mass is 79.9. The monoisotopic (exact) mass is 356 g/mol. The summed E-state index contributed by atoms with van der Waals surface area (Å²) in [6.45, 7) is 3.43. The molecule has 0 unspecified atom stereocenters. The summed E-state index contributed by atoms with van der Waals surface area (Å²) in [6, 6.07) is 2.15. The molecule has 5 nitrogen and oxygen atoms in total. The molecule has 0 saturated heterocycles. The molecule has 1 aromatic rings. The van der Waals surface area contributed by atoms with Crippen LogP contribution >= 0.6 is 15.9 Å². The van der Waals surface area contributed by atoms with Crippen LogP contribution in [0.1, 0.15) is 24.2 Å².